The van der Waals surface area contributed by atoms with Crippen LogP contribution in [0.15, 0.2) is 12.7 Å². The summed E-state index contributed by atoms with van der Waals surface area (Å²) in [6, 6.07) is -0.637. The number of aromatic nitrogens is 3. The van der Waals surface area contributed by atoms with E-state index in [1.54, 1.807) is 6.92 Å². The zero-order valence-corrected chi connectivity index (χ0v) is 11.6. The molecule has 0 saturated carbocycles. The molecule has 0 radical (unpaired) electrons. The van der Waals surface area contributed by atoms with Gasteiger partial charge in [0.25, 0.3) is 0 Å². The second-order valence-corrected chi connectivity index (χ2v) is 4.63. The van der Waals surface area contributed by atoms with Gasteiger partial charge in [-0.3, -0.25) is 0 Å². The van der Waals surface area contributed by atoms with Gasteiger partial charge in [-0.15, -0.1) is 0 Å². The summed E-state index contributed by atoms with van der Waals surface area (Å²) < 4.78 is 11.2. The Kier molecular flexibility index (Phi) is 5.47. The van der Waals surface area contributed by atoms with Gasteiger partial charge in [0.2, 0.25) is 0 Å². The molecule has 7 heteroatoms. The summed E-state index contributed by atoms with van der Waals surface area (Å²) in [6.45, 7) is 5.50. The first-order valence-corrected chi connectivity index (χ1v) is 6.08. The normalized spacial score (nSPS) is 13.9. The van der Waals surface area contributed by atoms with Crippen molar-refractivity contribution in [1.29, 1.82) is 0 Å². The van der Waals surface area contributed by atoms with Crippen LogP contribution in [0.25, 0.3) is 0 Å². The molecule has 1 rings (SSSR count). The van der Waals surface area contributed by atoms with Crippen LogP contribution in [0, 0.1) is 5.92 Å². The molecule has 0 spiro atoms. The van der Waals surface area contributed by atoms with E-state index in [-0.39, 0.29) is 5.92 Å². The van der Waals surface area contributed by atoms with Crippen molar-refractivity contribution < 1.29 is 19.1 Å². The molecule has 1 aromatic rings. The molecule has 7 nitrogen and oxygen atoms in total. The smallest absolute Gasteiger partial charge is 0.347 e. The average molecular weight is 269 g/mol. The first-order valence-electron chi connectivity index (χ1n) is 6.08. The zero-order valence-electron chi connectivity index (χ0n) is 11.6. The minimum absolute atomic E-state index is 0.207. The Labute approximate surface area is 111 Å². The monoisotopic (exact) mass is 269 g/mol. The van der Waals surface area contributed by atoms with E-state index in [1.165, 1.54) is 24.4 Å². The molecule has 0 N–H and O–H groups in total. The Hall–Kier alpha value is -1.92. The molecule has 2 atom stereocenters. The van der Waals surface area contributed by atoms with Gasteiger partial charge < -0.3 is 9.47 Å². The molecule has 0 aliphatic carbocycles. The van der Waals surface area contributed by atoms with E-state index >= 15 is 0 Å². The number of hydrogen-bond donors (Lipinski definition) is 0. The lowest BCUT2D eigenvalue weighted by Crippen LogP contribution is -2.32. The molecular weight excluding hydrogens is 250 g/mol. The summed E-state index contributed by atoms with van der Waals surface area (Å²) >= 11 is 0. The second kappa shape index (κ2) is 6.86. The van der Waals surface area contributed by atoms with Crippen LogP contribution in [0.3, 0.4) is 0 Å². The first-order chi connectivity index (χ1) is 8.95. The van der Waals surface area contributed by atoms with Gasteiger partial charge in [0.15, 0.2) is 6.10 Å². The van der Waals surface area contributed by atoms with Crippen LogP contribution in [0.4, 0.5) is 0 Å². The Morgan fingerprint density at radius 2 is 1.95 bits per heavy atom. The van der Waals surface area contributed by atoms with Crippen molar-refractivity contribution in [1.82, 2.24) is 14.8 Å². The van der Waals surface area contributed by atoms with Crippen LogP contribution in [0.2, 0.25) is 0 Å². The lowest BCUT2D eigenvalue weighted by Gasteiger charge is -2.19. The summed E-state index contributed by atoms with van der Waals surface area (Å²) in [5.74, 6) is -0.882. The van der Waals surface area contributed by atoms with E-state index in [9.17, 15) is 9.59 Å². The summed E-state index contributed by atoms with van der Waals surface area (Å²) in [7, 11) is 1.27. The number of methoxy groups -OCH3 is 1. The predicted octanol–water partition coefficient (Wildman–Crippen LogP) is 0.970. The zero-order chi connectivity index (χ0) is 14.4. The Bertz CT molecular complexity index is 417. The highest BCUT2D eigenvalue weighted by Crippen LogP contribution is 2.14. The van der Waals surface area contributed by atoms with E-state index in [2.05, 4.69) is 14.8 Å². The van der Waals surface area contributed by atoms with E-state index in [4.69, 9.17) is 4.74 Å². The fraction of sp³-hybridized carbons (Fsp3) is 0.667. The molecule has 0 aliphatic rings. The number of esters is 2. The van der Waals surface area contributed by atoms with Gasteiger partial charge in [-0.2, -0.15) is 5.10 Å². The number of rotatable bonds is 6. The lowest BCUT2D eigenvalue weighted by molar-refractivity contribution is -0.169. The van der Waals surface area contributed by atoms with Crippen molar-refractivity contribution in [3.05, 3.63) is 12.7 Å². The molecule has 0 saturated heterocycles. The third kappa shape index (κ3) is 4.35. The third-order valence-corrected chi connectivity index (χ3v) is 2.58. The number of ether oxygens (including phenoxy) is 2. The molecule has 0 unspecified atom stereocenters. The fourth-order valence-electron chi connectivity index (χ4n) is 1.52. The molecule has 106 valence electrons. The van der Waals surface area contributed by atoms with Gasteiger partial charge in [-0.1, -0.05) is 13.8 Å². The molecule has 19 heavy (non-hydrogen) atoms. The second-order valence-electron chi connectivity index (χ2n) is 4.63. The number of hydrogen-bond acceptors (Lipinski definition) is 6. The van der Waals surface area contributed by atoms with Gasteiger partial charge in [0, 0.05) is 0 Å². The molecule has 0 aromatic carbocycles. The minimum atomic E-state index is -0.886. The van der Waals surface area contributed by atoms with E-state index in [1.807, 2.05) is 13.8 Å². The number of nitrogens with zero attached hydrogens (tertiary/aromatic N) is 3. The van der Waals surface area contributed by atoms with Crippen LogP contribution in [-0.4, -0.2) is 39.9 Å². The molecule has 0 fully saturated rings. The standard InChI is InChI=1S/C12H19N3O4/c1-8(2)5-10(12(17)18-4)19-11(16)9(3)15-7-13-6-14-15/h6-10H,5H2,1-4H3/t9-,10+/m0/s1. The van der Waals surface area contributed by atoms with Crippen LogP contribution in [0.1, 0.15) is 33.2 Å². The van der Waals surface area contributed by atoms with Crippen LogP contribution < -0.4 is 0 Å². The van der Waals surface area contributed by atoms with Crippen molar-refractivity contribution in [2.24, 2.45) is 5.92 Å². The van der Waals surface area contributed by atoms with Gasteiger partial charge in [-0.25, -0.2) is 19.3 Å². The molecule has 1 heterocycles. The van der Waals surface area contributed by atoms with Crippen LogP contribution >= 0.6 is 0 Å². The van der Waals surface area contributed by atoms with Crippen LogP contribution in [0.5, 0.6) is 0 Å². The van der Waals surface area contributed by atoms with Gasteiger partial charge in [0.05, 0.1) is 7.11 Å². The van der Waals surface area contributed by atoms with E-state index in [0.29, 0.717) is 6.42 Å². The summed E-state index contributed by atoms with van der Waals surface area (Å²) in [4.78, 5) is 27.2. The first kappa shape index (κ1) is 15.1. The number of carbonyl (C=O) groups excluding carboxylic acids is 2. The fourth-order valence-corrected chi connectivity index (χ4v) is 1.52. The third-order valence-electron chi connectivity index (χ3n) is 2.58. The SMILES string of the molecule is COC(=O)[C@@H](CC(C)C)OC(=O)[C@H](C)n1cncn1. The van der Waals surface area contributed by atoms with Crippen LogP contribution in [-0.2, 0) is 19.1 Å². The largest absolute Gasteiger partial charge is 0.466 e. The van der Waals surface area contributed by atoms with E-state index in [0.717, 1.165) is 0 Å². The topological polar surface area (TPSA) is 83.3 Å². The lowest BCUT2D eigenvalue weighted by atomic mass is 10.1. The molecule has 0 aliphatic heterocycles. The number of carbonyl (C=O) groups is 2. The highest BCUT2D eigenvalue weighted by atomic mass is 16.6. The molecule has 0 amide bonds. The molecule has 1 aromatic heterocycles. The molecular formula is C12H19N3O4. The average Bonchev–Trinajstić information content (AvgIpc) is 2.89. The Balaban J connectivity index is 2.67. The Morgan fingerprint density at radius 1 is 1.26 bits per heavy atom. The quantitative estimate of drug-likeness (QED) is 0.715. The van der Waals surface area contributed by atoms with Gasteiger partial charge >= 0.3 is 11.9 Å². The summed E-state index contributed by atoms with van der Waals surface area (Å²) in [5.41, 5.74) is 0. The van der Waals surface area contributed by atoms with Gasteiger partial charge in [0.1, 0.15) is 18.7 Å². The molecule has 0 bridgehead atoms. The van der Waals surface area contributed by atoms with Crippen molar-refractivity contribution in [3.63, 3.8) is 0 Å². The van der Waals surface area contributed by atoms with Crippen molar-refractivity contribution >= 4 is 11.9 Å². The predicted molar refractivity (Wildman–Crippen MR) is 66.1 cm³/mol. The van der Waals surface area contributed by atoms with Crippen molar-refractivity contribution in [2.45, 2.75) is 39.3 Å². The maximum Gasteiger partial charge on any atom is 0.347 e. The highest BCUT2D eigenvalue weighted by Gasteiger charge is 2.28. The summed E-state index contributed by atoms with van der Waals surface area (Å²) in [5, 5.41) is 3.86. The van der Waals surface area contributed by atoms with Gasteiger partial charge in [-0.05, 0) is 19.3 Å². The highest BCUT2D eigenvalue weighted by molar-refractivity contribution is 5.80. The van der Waals surface area contributed by atoms with Crippen molar-refractivity contribution in [2.75, 3.05) is 7.11 Å². The van der Waals surface area contributed by atoms with E-state index < -0.39 is 24.1 Å². The summed E-state index contributed by atoms with van der Waals surface area (Å²) in [6.07, 6.45) is 2.28. The minimum Gasteiger partial charge on any atom is -0.466 e. The Morgan fingerprint density at radius 3 is 2.42 bits per heavy atom. The maximum atomic E-state index is 11.9. The van der Waals surface area contributed by atoms with Crippen molar-refractivity contribution in [3.8, 4) is 0 Å². The maximum absolute atomic E-state index is 11.9.